The third kappa shape index (κ3) is 3.75. The maximum absolute atomic E-state index is 12.3. The Kier molecular flexibility index (Phi) is 4.90. The van der Waals surface area contributed by atoms with E-state index in [9.17, 15) is 14.9 Å². The number of benzene rings is 1. The first kappa shape index (κ1) is 16.9. The van der Waals surface area contributed by atoms with Crippen molar-refractivity contribution in [3.8, 4) is 5.69 Å². The van der Waals surface area contributed by atoms with E-state index < -0.39 is 4.92 Å². The first-order chi connectivity index (χ1) is 12.1. The molecule has 0 aliphatic rings. The summed E-state index contributed by atoms with van der Waals surface area (Å²) in [6.45, 7) is 2.06. The summed E-state index contributed by atoms with van der Waals surface area (Å²) in [5, 5.41) is 10.8. The summed E-state index contributed by atoms with van der Waals surface area (Å²) in [7, 11) is 0. The van der Waals surface area contributed by atoms with Gasteiger partial charge in [-0.2, -0.15) is 0 Å². The molecule has 1 aromatic carbocycles. The number of aromatic nitrogens is 1. The fraction of sp³-hybridized carbons (Fsp3) is 0.105. The second kappa shape index (κ2) is 7.27. The van der Waals surface area contributed by atoms with Crippen molar-refractivity contribution in [1.29, 1.82) is 0 Å². The molecular weight excluding hydrogens is 336 g/mol. The summed E-state index contributed by atoms with van der Waals surface area (Å²) < 4.78 is 1.87. The van der Waals surface area contributed by atoms with Crippen LogP contribution in [0.1, 0.15) is 27.2 Å². The topological polar surface area (TPSA) is 65.1 Å². The average molecular weight is 352 g/mol. The van der Waals surface area contributed by atoms with Gasteiger partial charge < -0.3 is 4.57 Å². The Morgan fingerprint density at radius 3 is 2.60 bits per heavy atom. The number of ketones is 1. The van der Waals surface area contributed by atoms with Gasteiger partial charge in [0.25, 0.3) is 5.69 Å². The summed E-state index contributed by atoms with van der Waals surface area (Å²) in [6, 6.07) is 13.9. The average Bonchev–Trinajstić information content (AvgIpc) is 3.29. The Balaban J connectivity index is 1.81. The molecular formula is C19H16N2O3S. The number of nitro benzene ring substituents is 1. The lowest BCUT2D eigenvalue weighted by atomic mass is 10.2. The van der Waals surface area contributed by atoms with Crippen molar-refractivity contribution in [2.45, 2.75) is 13.3 Å². The molecule has 2 aromatic heterocycles. The van der Waals surface area contributed by atoms with Crippen molar-refractivity contribution in [1.82, 2.24) is 4.57 Å². The molecule has 6 heteroatoms. The SMILES string of the molecule is CCc1ccc(C(=O)/C=C/c2cccn2-c2ccc([N+](=O)[O-])cc2)s1. The van der Waals surface area contributed by atoms with E-state index in [1.807, 2.05) is 35.0 Å². The number of thiophene rings is 1. The second-order valence-electron chi connectivity index (χ2n) is 5.39. The lowest BCUT2D eigenvalue weighted by molar-refractivity contribution is -0.384. The fourth-order valence-electron chi connectivity index (χ4n) is 2.44. The summed E-state index contributed by atoms with van der Waals surface area (Å²) in [4.78, 5) is 24.5. The zero-order valence-electron chi connectivity index (χ0n) is 13.6. The monoisotopic (exact) mass is 352 g/mol. The summed E-state index contributed by atoms with van der Waals surface area (Å²) in [5.41, 5.74) is 1.68. The molecule has 0 amide bonds. The van der Waals surface area contributed by atoms with E-state index >= 15 is 0 Å². The minimum atomic E-state index is -0.426. The number of nitrogens with zero attached hydrogens (tertiary/aromatic N) is 2. The summed E-state index contributed by atoms with van der Waals surface area (Å²) in [5.74, 6) is -0.0267. The Morgan fingerprint density at radius 1 is 1.20 bits per heavy atom. The molecule has 0 aliphatic heterocycles. The van der Waals surface area contributed by atoms with Gasteiger partial charge in [-0.3, -0.25) is 14.9 Å². The number of aryl methyl sites for hydroxylation is 1. The Morgan fingerprint density at radius 2 is 1.96 bits per heavy atom. The number of hydrogen-bond acceptors (Lipinski definition) is 4. The molecule has 3 rings (SSSR count). The highest BCUT2D eigenvalue weighted by Gasteiger charge is 2.08. The van der Waals surface area contributed by atoms with Gasteiger partial charge >= 0.3 is 0 Å². The van der Waals surface area contributed by atoms with Crippen molar-refractivity contribution in [3.63, 3.8) is 0 Å². The molecule has 0 saturated heterocycles. The lowest BCUT2D eigenvalue weighted by Gasteiger charge is -2.06. The van der Waals surface area contributed by atoms with Gasteiger partial charge in [0.15, 0.2) is 5.78 Å². The molecule has 0 saturated carbocycles. The third-order valence-corrected chi connectivity index (χ3v) is 5.02. The first-order valence-corrected chi connectivity index (χ1v) is 8.63. The highest BCUT2D eigenvalue weighted by Crippen LogP contribution is 2.20. The van der Waals surface area contributed by atoms with E-state index in [1.54, 1.807) is 24.3 Å². The van der Waals surface area contributed by atoms with Crippen molar-refractivity contribution < 1.29 is 9.72 Å². The number of carbonyl (C=O) groups is 1. The quantitative estimate of drug-likeness (QED) is 0.274. The van der Waals surface area contributed by atoms with Crippen LogP contribution in [0.15, 0.2) is 60.8 Å². The van der Waals surface area contributed by atoms with Crippen LogP contribution < -0.4 is 0 Å². The summed E-state index contributed by atoms with van der Waals surface area (Å²) in [6.07, 6.45) is 6.09. The van der Waals surface area contributed by atoms with E-state index in [0.717, 1.165) is 22.7 Å². The molecule has 0 spiro atoms. The maximum Gasteiger partial charge on any atom is 0.269 e. The molecule has 0 atom stereocenters. The molecule has 0 N–H and O–H groups in total. The molecule has 3 aromatic rings. The first-order valence-electron chi connectivity index (χ1n) is 7.82. The number of allylic oxidation sites excluding steroid dienone is 1. The number of rotatable bonds is 6. The van der Waals surface area contributed by atoms with E-state index in [2.05, 4.69) is 6.92 Å². The van der Waals surface area contributed by atoms with E-state index in [4.69, 9.17) is 0 Å². The molecule has 2 heterocycles. The highest BCUT2D eigenvalue weighted by atomic mass is 32.1. The molecule has 0 fully saturated rings. The second-order valence-corrected chi connectivity index (χ2v) is 6.56. The molecule has 0 unspecified atom stereocenters. The van der Waals surface area contributed by atoms with E-state index in [0.29, 0.717) is 0 Å². The van der Waals surface area contributed by atoms with E-state index in [-0.39, 0.29) is 11.5 Å². The van der Waals surface area contributed by atoms with Crippen LogP contribution in [-0.2, 0) is 6.42 Å². The Bertz CT molecular complexity index is 936. The summed E-state index contributed by atoms with van der Waals surface area (Å²) >= 11 is 1.51. The maximum atomic E-state index is 12.3. The smallest absolute Gasteiger partial charge is 0.269 e. The van der Waals surface area contributed by atoms with Crippen LogP contribution in [-0.4, -0.2) is 15.3 Å². The van der Waals surface area contributed by atoms with Crippen LogP contribution in [0.25, 0.3) is 11.8 Å². The van der Waals surface area contributed by atoms with Crippen LogP contribution in [0.3, 0.4) is 0 Å². The molecule has 5 nitrogen and oxygen atoms in total. The van der Waals surface area contributed by atoms with Crippen molar-refractivity contribution in [3.05, 3.63) is 86.4 Å². The van der Waals surface area contributed by atoms with Crippen molar-refractivity contribution in [2.75, 3.05) is 0 Å². The zero-order chi connectivity index (χ0) is 17.8. The van der Waals surface area contributed by atoms with Crippen LogP contribution in [0.4, 0.5) is 5.69 Å². The minimum absolute atomic E-state index is 0.0267. The van der Waals surface area contributed by atoms with Crippen LogP contribution in [0, 0.1) is 10.1 Å². The zero-order valence-corrected chi connectivity index (χ0v) is 14.4. The number of nitro groups is 1. The fourth-order valence-corrected chi connectivity index (χ4v) is 3.31. The largest absolute Gasteiger partial charge is 0.317 e. The van der Waals surface area contributed by atoms with Crippen LogP contribution >= 0.6 is 11.3 Å². The number of non-ortho nitro benzene ring substituents is 1. The normalized spacial score (nSPS) is 11.1. The highest BCUT2D eigenvalue weighted by molar-refractivity contribution is 7.14. The van der Waals surface area contributed by atoms with Crippen LogP contribution in [0.5, 0.6) is 0 Å². The van der Waals surface area contributed by atoms with Gasteiger partial charge in [0.2, 0.25) is 0 Å². The third-order valence-electron chi connectivity index (χ3n) is 3.78. The standard InChI is InChI=1S/C19H16N2O3S/c1-2-17-10-12-19(25-17)18(22)11-9-14-4-3-13-20(14)15-5-7-16(8-6-15)21(23)24/h3-13H,2H2,1H3/b11-9+. The number of carbonyl (C=O) groups excluding carboxylic acids is 1. The van der Waals surface area contributed by atoms with Gasteiger partial charge in [-0.1, -0.05) is 6.92 Å². The van der Waals surface area contributed by atoms with Gasteiger partial charge in [0, 0.05) is 34.6 Å². The molecule has 126 valence electrons. The predicted octanol–water partition coefficient (Wildman–Crippen LogP) is 4.91. The van der Waals surface area contributed by atoms with Gasteiger partial charge in [0.1, 0.15) is 0 Å². The predicted molar refractivity (Wildman–Crippen MR) is 99.5 cm³/mol. The van der Waals surface area contributed by atoms with Gasteiger partial charge in [0.05, 0.1) is 9.80 Å². The molecule has 0 bridgehead atoms. The molecule has 25 heavy (non-hydrogen) atoms. The van der Waals surface area contributed by atoms with E-state index in [1.165, 1.54) is 28.3 Å². The van der Waals surface area contributed by atoms with Gasteiger partial charge in [-0.05, 0) is 55.0 Å². The Labute approximate surface area is 149 Å². The van der Waals surface area contributed by atoms with Crippen LogP contribution in [0.2, 0.25) is 0 Å². The van der Waals surface area contributed by atoms with Crippen molar-refractivity contribution >= 4 is 28.9 Å². The molecule has 0 aliphatic carbocycles. The molecule has 0 radical (unpaired) electrons. The van der Waals surface area contributed by atoms with Gasteiger partial charge in [-0.15, -0.1) is 11.3 Å². The number of hydrogen-bond donors (Lipinski definition) is 0. The minimum Gasteiger partial charge on any atom is -0.317 e. The van der Waals surface area contributed by atoms with Crippen molar-refractivity contribution in [2.24, 2.45) is 0 Å². The lowest BCUT2D eigenvalue weighted by Crippen LogP contribution is -1.96. The Hall–Kier alpha value is -2.99. The van der Waals surface area contributed by atoms with Gasteiger partial charge in [-0.25, -0.2) is 0 Å².